The summed E-state index contributed by atoms with van der Waals surface area (Å²) in [5.74, 6) is -0.733. The number of hydrogen-bond donors (Lipinski definition) is 1. The molecule has 0 bridgehead atoms. The minimum Gasteiger partial charge on any atom is -0.462 e. The SMILES string of the molecule is CCOC(=O)c1c(NC(=O)/C=C/c2ccccc2)sc(C)c1-c1ccccc1. The van der Waals surface area contributed by atoms with E-state index >= 15 is 0 Å². The van der Waals surface area contributed by atoms with Crippen molar-refractivity contribution in [3.8, 4) is 11.1 Å². The van der Waals surface area contributed by atoms with Crippen LogP contribution < -0.4 is 5.32 Å². The zero-order valence-corrected chi connectivity index (χ0v) is 16.6. The summed E-state index contributed by atoms with van der Waals surface area (Å²) in [6, 6.07) is 19.2. The van der Waals surface area contributed by atoms with Gasteiger partial charge >= 0.3 is 5.97 Å². The number of rotatable bonds is 6. The van der Waals surface area contributed by atoms with E-state index in [1.165, 1.54) is 17.4 Å². The fourth-order valence-corrected chi connectivity index (χ4v) is 3.94. The number of esters is 1. The predicted octanol–water partition coefficient (Wildman–Crippen LogP) is 5.55. The van der Waals surface area contributed by atoms with Gasteiger partial charge in [-0.05, 0) is 31.1 Å². The molecule has 0 aliphatic heterocycles. The fourth-order valence-electron chi connectivity index (χ4n) is 2.87. The summed E-state index contributed by atoms with van der Waals surface area (Å²) >= 11 is 1.37. The molecule has 0 radical (unpaired) electrons. The van der Waals surface area contributed by atoms with E-state index in [2.05, 4.69) is 5.32 Å². The van der Waals surface area contributed by atoms with Gasteiger partial charge in [0.2, 0.25) is 5.91 Å². The molecule has 1 N–H and O–H groups in total. The molecule has 28 heavy (non-hydrogen) atoms. The Morgan fingerprint density at radius 1 is 1.04 bits per heavy atom. The van der Waals surface area contributed by atoms with E-state index in [-0.39, 0.29) is 12.5 Å². The molecule has 3 aromatic rings. The number of nitrogens with one attached hydrogen (secondary N) is 1. The number of benzene rings is 2. The highest BCUT2D eigenvalue weighted by atomic mass is 32.1. The first-order chi connectivity index (χ1) is 13.6. The molecule has 0 fully saturated rings. The number of hydrogen-bond acceptors (Lipinski definition) is 4. The Labute approximate surface area is 168 Å². The number of carbonyl (C=O) groups excluding carboxylic acids is 2. The Morgan fingerprint density at radius 3 is 2.32 bits per heavy atom. The summed E-state index contributed by atoms with van der Waals surface area (Å²) in [6.07, 6.45) is 3.19. The second-order valence-corrected chi connectivity index (χ2v) is 7.28. The highest BCUT2D eigenvalue weighted by molar-refractivity contribution is 7.17. The first kappa shape index (κ1) is 19.6. The Bertz CT molecular complexity index is 991. The molecule has 0 aliphatic carbocycles. The molecule has 1 heterocycles. The molecule has 142 valence electrons. The average molecular weight is 391 g/mol. The zero-order valence-electron chi connectivity index (χ0n) is 15.8. The van der Waals surface area contributed by atoms with Crippen LogP contribution in [0.2, 0.25) is 0 Å². The third-order valence-corrected chi connectivity index (χ3v) is 5.11. The number of amides is 1. The van der Waals surface area contributed by atoms with E-state index in [4.69, 9.17) is 4.74 Å². The van der Waals surface area contributed by atoms with Crippen LogP contribution in [0.5, 0.6) is 0 Å². The van der Waals surface area contributed by atoms with E-state index in [1.54, 1.807) is 13.0 Å². The van der Waals surface area contributed by atoms with Crippen molar-refractivity contribution in [1.82, 2.24) is 0 Å². The maximum atomic E-state index is 12.6. The number of anilines is 1. The largest absolute Gasteiger partial charge is 0.462 e. The van der Waals surface area contributed by atoms with Crippen molar-refractivity contribution >= 4 is 34.3 Å². The minimum atomic E-state index is -0.437. The van der Waals surface area contributed by atoms with Crippen LogP contribution in [0.15, 0.2) is 66.7 Å². The van der Waals surface area contributed by atoms with Crippen LogP contribution in [0.1, 0.15) is 27.7 Å². The van der Waals surface area contributed by atoms with Gasteiger partial charge in [-0.15, -0.1) is 11.3 Å². The Kier molecular flexibility index (Phi) is 6.40. The average Bonchev–Trinajstić information content (AvgIpc) is 3.03. The molecule has 0 unspecified atom stereocenters. The Hall–Kier alpha value is -3.18. The number of aryl methyl sites for hydroxylation is 1. The molecular formula is C23H21NO3S. The van der Waals surface area contributed by atoms with Gasteiger partial charge < -0.3 is 10.1 Å². The van der Waals surface area contributed by atoms with Gasteiger partial charge in [-0.3, -0.25) is 4.79 Å². The van der Waals surface area contributed by atoms with Crippen LogP contribution in [0.25, 0.3) is 17.2 Å². The summed E-state index contributed by atoms with van der Waals surface area (Å²) in [7, 11) is 0. The highest BCUT2D eigenvalue weighted by Gasteiger charge is 2.25. The lowest BCUT2D eigenvalue weighted by atomic mass is 10.0. The molecule has 0 saturated carbocycles. The summed E-state index contributed by atoms with van der Waals surface area (Å²) in [5, 5.41) is 3.34. The number of ether oxygens (including phenoxy) is 1. The van der Waals surface area contributed by atoms with Gasteiger partial charge in [-0.2, -0.15) is 0 Å². The monoisotopic (exact) mass is 391 g/mol. The molecule has 2 aromatic carbocycles. The van der Waals surface area contributed by atoms with Gasteiger partial charge in [-0.25, -0.2) is 4.79 Å². The molecule has 1 amide bonds. The number of thiophene rings is 1. The maximum Gasteiger partial charge on any atom is 0.341 e. The van der Waals surface area contributed by atoms with Crippen molar-refractivity contribution < 1.29 is 14.3 Å². The van der Waals surface area contributed by atoms with Gasteiger partial charge in [0, 0.05) is 16.5 Å². The molecule has 3 rings (SSSR count). The standard InChI is InChI=1S/C23H21NO3S/c1-3-27-23(26)21-20(18-12-8-5-9-13-18)16(2)28-22(21)24-19(25)15-14-17-10-6-4-7-11-17/h4-15H,3H2,1-2H3,(H,24,25)/b15-14+. The van der Waals surface area contributed by atoms with Crippen molar-refractivity contribution in [2.75, 3.05) is 11.9 Å². The van der Waals surface area contributed by atoms with Gasteiger partial charge in [0.1, 0.15) is 10.6 Å². The van der Waals surface area contributed by atoms with E-state index in [0.29, 0.717) is 10.6 Å². The van der Waals surface area contributed by atoms with Crippen molar-refractivity contribution in [2.24, 2.45) is 0 Å². The second-order valence-electron chi connectivity index (χ2n) is 6.06. The van der Waals surface area contributed by atoms with Crippen LogP contribution >= 0.6 is 11.3 Å². The lowest BCUT2D eigenvalue weighted by molar-refractivity contribution is -0.111. The third kappa shape index (κ3) is 4.56. The van der Waals surface area contributed by atoms with Crippen LogP contribution in [-0.2, 0) is 9.53 Å². The molecule has 5 heteroatoms. The second kappa shape index (κ2) is 9.15. The van der Waals surface area contributed by atoms with Gasteiger partial charge in [0.25, 0.3) is 0 Å². The summed E-state index contributed by atoms with van der Waals surface area (Å²) in [6.45, 7) is 3.97. The lowest BCUT2D eigenvalue weighted by Gasteiger charge is -2.08. The molecule has 0 aliphatic rings. The molecule has 0 atom stereocenters. The van der Waals surface area contributed by atoms with E-state index in [1.807, 2.05) is 67.6 Å². The van der Waals surface area contributed by atoms with Gasteiger partial charge in [0.05, 0.1) is 6.61 Å². The Balaban J connectivity index is 1.93. The first-order valence-electron chi connectivity index (χ1n) is 9.00. The summed E-state index contributed by atoms with van der Waals surface area (Å²) < 4.78 is 5.25. The third-order valence-electron chi connectivity index (χ3n) is 4.09. The van der Waals surface area contributed by atoms with Crippen molar-refractivity contribution in [3.05, 3.63) is 82.7 Å². The molecule has 1 aromatic heterocycles. The van der Waals surface area contributed by atoms with Gasteiger partial charge in [-0.1, -0.05) is 60.7 Å². The molecule has 0 saturated heterocycles. The van der Waals surface area contributed by atoms with Crippen LogP contribution in [0, 0.1) is 6.92 Å². The summed E-state index contributed by atoms with van der Waals surface area (Å²) in [5.41, 5.74) is 3.04. The Morgan fingerprint density at radius 2 is 1.68 bits per heavy atom. The lowest BCUT2D eigenvalue weighted by Crippen LogP contribution is -2.12. The quantitative estimate of drug-likeness (QED) is 0.443. The van der Waals surface area contributed by atoms with Crippen molar-refractivity contribution in [2.45, 2.75) is 13.8 Å². The summed E-state index contributed by atoms with van der Waals surface area (Å²) in [4.78, 5) is 26.0. The maximum absolute atomic E-state index is 12.6. The van der Waals surface area contributed by atoms with E-state index < -0.39 is 5.97 Å². The normalized spacial score (nSPS) is 10.8. The smallest absolute Gasteiger partial charge is 0.341 e. The predicted molar refractivity (Wildman–Crippen MR) is 115 cm³/mol. The van der Waals surface area contributed by atoms with Crippen molar-refractivity contribution in [1.29, 1.82) is 0 Å². The zero-order chi connectivity index (χ0) is 19.9. The van der Waals surface area contributed by atoms with Crippen LogP contribution in [0.4, 0.5) is 5.00 Å². The molecular weight excluding hydrogens is 370 g/mol. The highest BCUT2D eigenvalue weighted by Crippen LogP contribution is 2.40. The van der Waals surface area contributed by atoms with E-state index in [9.17, 15) is 9.59 Å². The van der Waals surface area contributed by atoms with Crippen LogP contribution in [-0.4, -0.2) is 18.5 Å². The minimum absolute atomic E-state index is 0.267. The molecule has 4 nitrogen and oxygen atoms in total. The van der Waals surface area contributed by atoms with Crippen LogP contribution in [0.3, 0.4) is 0 Å². The van der Waals surface area contributed by atoms with E-state index in [0.717, 1.165) is 21.6 Å². The number of carbonyl (C=O) groups is 2. The first-order valence-corrected chi connectivity index (χ1v) is 9.81. The topological polar surface area (TPSA) is 55.4 Å². The van der Waals surface area contributed by atoms with Crippen molar-refractivity contribution in [3.63, 3.8) is 0 Å². The molecule has 0 spiro atoms. The fraction of sp³-hybridized carbons (Fsp3) is 0.130. The van der Waals surface area contributed by atoms with Gasteiger partial charge in [0.15, 0.2) is 0 Å².